The van der Waals surface area contributed by atoms with E-state index in [1.54, 1.807) is 6.20 Å². The van der Waals surface area contributed by atoms with Gasteiger partial charge in [-0.25, -0.2) is 4.98 Å². The zero-order valence-corrected chi connectivity index (χ0v) is 19.5. The van der Waals surface area contributed by atoms with Gasteiger partial charge in [0.1, 0.15) is 5.75 Å². The molecular weight excluding hydrogens is 432 g/mol. The molecule has 0 spiro atoms. The van der Waals surface area contributed by atoms with Gasteiger partial charge >= 0.3 is 0 Å². The van der Waals surface area contributed by atoms with E-state index in [1.165, 1.54) is 56.5 Å². The quantitative estimate of drug-likeness (QED) is 0.466. The lowest BCUT2D eigenvalue weighted by Crippen LogP contribution is -2.49. The van der Waals surface area contributed by atoms with E-state index in [0.29, 0.717) is 17.5 Å². The molecule has 0 aliphatic carbocycles. The molecule has 2 aromatic carbocycles. The number of rotatable bonds is 7. The Morgan fingerprint density at radius 1 is 1.00 bits per heavy atom. The van der Waals surface area contributed by atoms with E-state index in [1.807, 2.05) is 53.9 Å². The average molecular weight is 463 g/mol. The van der Waals surface area contributed by atoms with E-state index < -0.39 is 0 Å². The molecule has 2 fully saturated rings. The molecule has 6 nitrogen and oxygen atoms in total. The number of nitrogens with zero attached hydrogens (tertiary/aromatic N) is 2. The smallest absolute Gasteiger partial charge is 0.255 e. The van der Waals surface area contributed by atoms with Gasteiger partial charge in [0, 0.05) is 40.5 Å². The Bertz CT molecular complexity index is 1040. The van der Waals surface area contributed by atoms with Crippen molar-refractivity contribution in [3.63, 3.8) is 0 Å². The summed E-state index contributed by atoms with van der Waals surface area (Å²) in [5.41, 5.74) is 2.26. The lowest BCUT2D eigenvalue weighted by Gasteiger charge is -2.44. The molecule has 2 aliphatic heterocycles. The standard InChI is InChI=1S/C26H30N4O2S/c31-25(19-6-8-22(9-7-19)29-26-27-14-17-33-26)28-21-10-12-23(13-11-21)32-18-20-4-3-16-30-15-2-1-5-24(20)30/h6-14,17,20,24H,1-5,15-16,18H2,(H,27,29)(H,28,31)/t20-,24+/m0/s1. The van der Waals surface area contributed by atoms with Crippen molar-refractivity contribution in [2.75, 3.05) is 30.3 Å². The summed E-state index contributed by atoms with van der Waals surface area (Å²) >= 11 is 1.53. The number of hydrogen-bond acceptors (Lipinski definition) is 6. The first-order valence-corrected chi connectivity index (χ1v) is 12.7. The minimum absolute atomic E-state index is 0.135. The molecule has 3 heterocycles. The van der Waals surface area contributed by atoms with Gasteiger partial charge in [-0.05, 0) is 87.3 Å². The molecule has 33 heavy (non-hydrogen) atoms. The summed E-state index contributed by atoms with van der Waals surface area (Å²) in [6.07, 6.45) is 8.28. The van der Waals surface area contributed by atoms with Gasteiger partial charge in [0.25, 0.3) is 5.91 Å². The van der Waals surface area contributed by atoms with Crippen LogP contribution in [0.4, 0.5) is 16.5 Å². The van der Waals surface area contributed by atoms with Crippen molar-refractivity contribution in [3.05, 3.63) is 65.7 Å². The fourth-order valence-electron chi connectivity index (χ4n) is 4.93. The van der Waals surface area contributed by atoms with Crippen molar-refractivity contribution in [1.82, 2.24) is 9.88 Å². The molecule has 0 bridgehead atoms. The Morgan fingerprint density at radius 3 is 2.58 bits per heavy atom. The Hall–Kier alpha value is -2.90. The molecule has 172 valence electrons. The average Bonchev–Trinajstić information content (AvgIpc) is 3.37. The molecular formula is C26H30N4O2S. The molecule has 3 aromatic rings. The number of anilines is 3. The number of thiazole rings is 1. The maximum absolute atomic E-state index is 12.6. The monoisotopic (exact) mass is 462 g/mol. The van der Waals surface area contributed by atoms with E-state index in [9.17, 15) is 4.79 Å². The van der Waals surface area contributed by atoms with E-state index in [2.05, 4.69) is 20.5 Å². The van der Waals surface area contributed by atoms with Gasteiger partial charge in [0.2, 0.25) is 0 Å². The van der Waals surface area contributed by atoms with Gasteiger partial charge in [-0.15, -0.1) is 11.3 Å². The molecule has 2 N–H and O–H groups in total. The fourth-order valence-corrected chi connectivity index (χ4v) is 5.48. The zero-order valence-electron chi connectivity index (χ0n) is 18.7. The molecule has 1 aromatic heterocycles. The lowest BCUT2D eigenvalue weighted by molar-refractivity contribution is 0.0366. The highest BCUT2D eigenvalue weighted by molar-refractivity contribution is 7.13. The maximum atomic E-state index is 12.6. The van der Waals surface area contributed by atoms with E-state index in [4.69, 9.17) is 4.74 Å². The number of benzene rings is 2. The van der Waals surface area contributed by atoms with Gasteiger partial charge in [0.05, 0.1) is 6.61 Å². The summed E-state index contributed by atoms with van der Waals surface area (Å²) in [4.78, 5) is 19.5. The Balaban J connectivity index is 1.12. The minimum atomic E-state index is -0.135. The number of ether oxygens (including phenoxy) is 1. The lowest BCUT2D eigenvalue weighted by atomic mass is 9.84. The van der Waals surface area contributed by atoms with Gasteiger partial charge in [-0.1, -0.05) is 6.42 Å². The molecule has 7 heteroatoms. The second kappa shape index (κ2) is 10.4. The van der Waals surface area contributed by atoms with Crippen LogP contribution in [-0.2, 0) is 0 Å². The van der Waals surface area contributed by atoms with Crippen LogP contribution < -0.4 is 15.4 Å². The summed E-state index contributed by atoms with van der Waals surface area (Å²) in [7, 11) is 0. The minimum Gasteiger partial charge on any atom is -0.493 e. The molecule has 1 amide bonds. The summed E-state index contributed by atoms with van der Waals surface area (Å²) < 4.78 is 6.14. The van der Waals surface area contributed by atoms with Gasteiger partial charge in [-0.3, -0.25) is 9.69 Å². The van der Waals surface area contributed by atoms with Crippen LogP contribution in [0.5, 0.6) is 5.75 Å². The van der Waals surface area contributed by atoms with E-state index in [-0.39, 0.29) is 5.91 Å². The normalized spacial score (nSPS) is 20.6. The van der Waals surface area contributed by atoms with E-state index in [0.717, 1.165) is 28.9 Å². The van der Waals surface area contributed by atoms with Crippen LogP contribution in [0.2, 0.25) is 0 Å². The van der Waals surface area contributed by atoms with Crippen LogP contribution in [-0.4, -0.2) is 41.5 Å². The molecule has 0 radical (unpaired) electrons. The maximum Gasteiger partial charge on any atom is 0.255 e. The molecule has 2 saturated heterocycles. The zero-order chi connectivity index (χ0) is 22.5. The largest absolute Gasteiger partial charge is 0.493 e. The third-order valence-corrected chi connectivity index (χ3v) is 7.32. The Morgan fingerprint density at radius 2 is 1.79 bits per heavy atom. The Kier molecular flexibility index (Phi) is 6.88. The van der Waals surface area contributed by atoms with Crippen LogP contribution in [0.1, 0.15) is 42.5 Å². The number of piperidine rings is 2. The van der Waals surface area contributed by atoms with Crippen LogP contribution in [0.25, 0.3) is 0 Å². The molecule has 5 rings (SSSR count). The van der Waals surface area contributed by atoms with Crippen molar-refractivity contribution in [2.24, 2.45) is 5.92 Å². The number of amides is 1. The summed E-state index contributed by atoms with van der Waals surface area (Å²) in [5, 5.41) is 8.92. The molecule has 2 aliphatic rings. The SMILES string of the molecule is O=C(Nc1ccc(OC[C@@H]2CCCN3CCCC[C@H]23)cc1)c1ccc(Nc2nccs2)cc1. The molecule has 0 saturated carbocycles. The summed E-state index contributed by atoms with van der Waals surface area (Å²) in [5.74, 6) is 1.34. The topological polar surface area (TPSA) is 66.5 Å². The predicted octanol–water partition coefficient (Wildman–Crippen LogP) is 5.78. The van der Waals surface area contributed by atoms with Crippen molar-refractivity contribution in [3.8, 4) is 5.75 Å². The third-order valence-electron chi connectivity index (χ3n) is 6.64. The summed E-state index contributed by atoms with van der Waals surface area (Å²) in [6, 6.07) is 15.8. The van der Waals surface area contributed by atoms with Crippen molar-refractivity contribution in [2.45, 2.75) is 38.1 Å². The third kappa shape index (κ3) is 5.54. The highest BCUT2D eigenvalue weighted by atomic mass is 32.1. The van der Waals surface area contributed by atoms with E-state index >= 15 is 0 Å². The molecule has 0 unspecified atom stereocenters. The highest BCUT2D eigenvalue weighted by Crippen LogP contribution is 2.31. The second-order valence-electron chi connectivity index (χ2n) is 8.83. The van der Waals surface area contributed by atoms with Gasteiger partial charge in [0.15, 0.2) is 5.13 Å². The first kappa shape index (κ1) is 21.9. The van der Waals surface area contributed by atoms with Crippen LogP contribution >= 0.6 is 11.3 Å². The van der Waals surface area contributed by atoms with Crippen LogP contribution in [0.15, 0.2) is 60.1 Å². The first-order valence-electron chi connectivity index (χ1n) is 11.8. The number of carbonyl (C=O) groups excluding carboxylic acids is 1. The van der Waals surface area contributed by atoms with Crippen molar-refractivity contribution < 1.29 is 9.53 Å². The Labute approximate surface area is 199 Å². The molecule has 2 atom stereocenters. The number of carbonyl (C=O) groups is 1. The van der Waals surface area contributed by atoms with Crippen LogP contribution in [0, 0.1) is 5.92 Å². The number of nitrogens with one attached hydrogen (secondary N) is 2. The van der Waals surface area contributed by atoms with Gasteiger partial charge in [-0.2, -0.15) is 0 Å². The number of hydrogen-bond donors (Lipinski definition) is 2. The predicted molar refractivity (Wildman–Crippen MR) is 134 cm³/mol. The fraction of sp³-hybridized carbons (Fsp3) is 0.385. The van der Waals surface area contributed by atoms with Crippen molar-refractivity contribution in [1.29, 1.82) is 0 Å². The second-order valence-corrected chi connectivity index (χ2v) is 9.73. The van der Waals surface area contributed by atoms with Crippen LogP contribution in [0.3, 0.4) is 0 Å². The summed E-state index contributed by atoms with van der Waals surface area (Å²) in [6.45, 7) is 3.27. The van der Waals surface area contributed by atoms with Crippen molar-refractivity contribution >= 4 is 33.8 Å². The number of fused-ring (bicyclic) bond motifs is 1. The van der Waals surface area contributed by atoms with Gasteiger partial charge < -0.3 is 15.4 Å². The first-order chi connectivity index (χ1) is 16.2. The number of aromatic nitrogens is 1. The highest BCUT2D eigenvalue weighted by Gasteiger charge is 2.33.